The van der Waals surface area contributed by atoms with Gasteiger partial charge < -0.3 is 18.6 Å². The zero-order chi connectivity index (χ0) is 28.4. The lowest BCUT2D eigenvalue weighted by Gasteiger charge is -2.38. The molecule has 0 radical (unpaired) electrons. The van der Waals surface area contributed by atoms with E-state index in [0.29, 0.717) is 38.9 Å². The van der Waals surface area contributed by atoms with Crippen LogP contribution in [0.4, 0.5) is 0 Å². The Morgan fingerprint density at radius 3 is 2.47 bits per heavy atom. The number of unbranched alkanes of at least 4 members (excludes halogenated alkanes) is 1. The number of rotatable bonds is 15. The van der Waals surface area contributed by atoms with Crippen molar-refractivity contribution in [1.82, 2.24) is 0 Å². The van der Waals surface area contributed by atoms with Crippen molar-refractivity contribution in [2.24, 2.45) is 11.8 Å². The molecule has 1 aliphatic carbocycles. The molecular weight excluding hydrogens is 524 g/mol. The molecule has 0 aromatic heterocycles. The molecule has 0 aromatic rings. The Kier molecular flexibility index (Phi) is 13.2. The normalized spacial score (nSPS) is 27.1. The molecule has 2 aliphatic rings. The fourth-order valence-corrected chi connectivity index (χ4v) is 6.39. The molecule has 0 spiro atoms. The molecule has 0 N–H and O–H groups in total. The van der Waals surface area contributed by atoms with Gasteiger partial charge in [-0.05, 0) is 62.6 Å². The highest BCUT2D eigenvalue weighted by molar-refractivity contribution is 7.86. The lowest BCUT2D eigenvalue weighted by molar-refractivity contribution is -0.197. The zero-order valence-corrected chi connectivity index (χ0v) is 26.1. The third-order valence-corrected chi connectivity index (χ3v) is 13.0. The molecule has 0 amide bonds. The van der Waals surface area contributed by atoms with Crippen molar-refractivity contribution in [3.8, 4) is 0 Å². The molecule has 2 fully saturated rings. The van der Waals surface area contributed by atoms with E-state index in [-0.39, 0.29) is 41.8 Å². The highest BCUT2D eigenvalue weighted by atomic mass is 32.2. The van der Waals surface area contributed by atoms with Crippen molar-refractivity contribution in [1.29, 1.82) is 0 Å². The highest BCUT2D eigenvalue weighted by Gasteiger charge is 2.48. The van der Waals surface area contributed by atoms with Crippen LogP contribution in [0.5, 0.6) is 0 Å². The molecule has 1 heterocycles. The van der Waals surface area contributed by atoms with Crippen LogP contribution in [0.1, 0.15) is 72.1 Å². The SMILES string of the molecule is C=CCOC(=O)CCCC=CC[C@@H]1[C@@H](CO[Si](C)(C)C(C)(C)C)[C@H](OC2CCCCO2)C[C@H]1OS(C)(=O)=O. The second kappa shape index (κ2) is 15.1. The van der Waals surface area contributed by atoms with E-state index in [1.54, 1.807) is 6.08 Å². The fourth-order valence-electron chi connectivity index (χ4n) is 4.67. The lowest BCUT2D eigenvalue weighted by Crippen LogP contribution is -2.44. The first-order chi connectivity index (χ1) is 17.7. The summed E-state index contributed by atoms with van der Waals surface area (Å²) in [6.07, 6.45) is 11.6. The minimum Gasteiger partial charge on any atom is -0.461 e. The Balaban J connectivity index is 2.14. The zero-order valence-electron chi connectivity index (χ0n) is 24.3. The summed E-state index contributed by atoms with van der Waals surface area (Å²) >= 11 is 0. The highest BCUT2D eigenvalue weighted by Crippen LogP contribution is 2.43. The molecule has 38 heavy (non-hydrogen) atoms. The van der Waals surface area contributed by atoms with Gasteiger partial charge in [-0.15, -0.1) is 0 Å². The van der Waals surface area contributed by atoms with Gasteiger partial charge in [0.25, 0.3) is 10.1 Å². The summed E-state index contributed by atoms with van der Waals surface area (Å²) < 4.78 is 53.9. The summed E-state index contributed by atoms with van der Waals surface area (Å²) in [5.74, 6) is -0.347. The minimum atomic E-state index is -3.64. The molecule has 10 heteroatoms. The van der Waals surface area contributed by atoms with E-state index in [9.17, 15) is 13.2 Å². The Hall–Kier alpha value is -1.04. The smallest absolute Gasteiger partial charge is 0.306 e. The van der Waals surface area contributed by atoms with Crippen molar-refractivity contribution < 1.29 is 36.0 Å². The monoisotopic (exact) mass is 574 g/mol. The molecule has 8 nitrogen and oxygen atoms in total. The molecule has 1 saturated carbocycles. The van der Waals surface area contributed by atoms with Crippen molar-refractivity contribution in [2.45, 2.75) is 109 Å². The summed E-state index contributed by atoms with van der Waals surface area (Å²) in [5, 5.41) is 0.0549. The van der Waals surface area contributed by atoms with Crippen LogP contribution in [0.25, 0.3) is 0 Å². The van der Waals surface area contributed by atoms with Crippen LogP contribution in [0, 0.1) is 11.8 Å². The van der Waals surface area contributed by atoms with Gasteiger partial charge in [-0.25, -0.2) is 0 Å². The van der Waals surface area contributed by atoms with Crippen molar-refractivity contribution in [3.05, 3.63) is 24.8 Å². The van der Waals surface area contributed by atoms with Gasteiger partial charge in [0, 0.05) is 32.0 Å². The first-order valence-corrected chi connectivity index (χ1v) is 18.7. The van der Waals surface area contributed by atoms with E-state index >= 15 is 0 Å². The van der Waals surface area contributed by atoms with Crippen LogP contribution in [0.3, 0.4) is 0 Å². The first kappa shape index (κ1) is 33.2. The lowest BCUT2D eigenvalue weighted by atomic mass is 9.91. The number of ether oxygens (including phenoxy) is 3. The Morgan fingerprint density at radius 2 is 1.87 bits per heavy atom. The van der Waals surface area contributed by atoms with Crippen LogP contribution in [-0.2, 0) is 37.7 Å². The van der Waals surface area contributed by atoms with E-state index in [1.165, 1.54) is 0 Å². The van der Waals surface area contributed by atoms with Gasteiger partial charge in [-0.1, -0.05) is 45.6 Å². The molecule has 0 aromatic carbocycles. The van der Waals surface area contributed by atoms with Gasteiger partial charge in [-0.3, -0.25) is 8.98 Å². The van der Waals surface area contributed by atoms with Gasteiger partial charge in [0.2, 0.25) is 0 Å². The maximum Gasteiger partial charge on any atom is 0.306 e. The summed E-state index contributed by atoms with van der Waals surface area (Å²) in [4.78, 5) is 11.7. The van der Waals surface area contributed by atoms with Crippen LogP contribution in [-0.4, -0.2) is 67.3 Å². The standard InChI is InChI=1S/C28H50O8SSi/c1-8-18-32-26(29)16-12-10-9-11-15-22-23(21-34-38(6,7)28(2,3)4)24(20-25(22)36-37(5,30)31)35-27-17-13-14-19-33-27/h8-9,11,22-25,27H,1,10,12-21H2,2-7H3/t22-,23-,24-,25-,27?/m1/s1. The van der Waals surface area contributed by atoms with Gasteiger partial charge in [0.05, 0.1) is 18.5 Å². The molecule has 2 rings (SSSR count). The second-order valence-electron chi connectivity index (χ2n) is 12.0. The third kappa shape index (κ3) is 11.2. The van der Waals surface area contributed by atoms with Crippen LogP contribution in [0.2, 0.25) is 18.1 Å². The van der Waals surface area contributed by atoms with Crippen molar-refractivity contribution in [2.75, 3.05) is 26.1 Å². The maximum atomic E-state index is 12.2. The van der Waals surface area contributed by atoms with Gasteiger partial charge in [0.15, 0.2) is 14.6 Å². The van der Waals surface area contributed by atoms with E-state index in [4.69, 9.17) is 22.8 Å². The predicted octanol–water partition coefficient (Wildman–Crippen LogP) is 5.75. The molecule has 5 atom stereocenters. The average molecular weight is 575 g/mol. The van der Waals surface area contributed by atoms with E-state index in [1.807, 2.05) is 6.08 Å². The van der Waals surface area contributed by atoms with Crippen molar-refractivity contribution in [3.63, 3.8) is 0 Å². The summed E-state index contributed by atoms with van der Waals surface area (Å²) in [6.45, 7) is 16.0. The molecule has 0 bridgehead atoms. The maximum absolute atomic E-state index is 12.2. The Morgan fingerprint density at radius 1 is 1.13 bits per heavy atom. The number of hydrogen-bond acceptors (Lipinski definition) is 8. The van der Waals surface area contributed by atoms with Crippen LogP contribution in [0.15, 0.2) is 24.8 Å². The summed E-state index contributed by atoms with van der Waals surface area (Å²) in [5.41, 5.74) is 0. The average Bonchev–Trinajstić information content (AvgIpc) is 3.12. The molecule has 1 saturated heterocycles. The van der Waals surface area contributed by atoms with Gasteiger partial charge >= 0.3 is 5.97 Å². The van der Waals surface area contributed by atoms with E-state index in [2.05, 4.69) is 46.5 Å². The Labute approximate surface area is 231 Å². The Bertz CT molecular complexity index is 874. The van der Waals surface area contributed by atoms with E-state index in [0.717, 1.165) is 31.9 Å². The molecule has 1 unspecified atom stereocenters. The largest absolute Gasteiger partial charge is 0.461 e. The van der Waals surface area contributed by atoms with Crippen LogP contribution >= 0.6 is 0 Å². The molecule has 220 valence electrons. The van der Waals surface area contributed by atoms with E-state index < -0.39 is 24.5 Å². The number of esters is 1. The van der Waals surface area contributed by atoms with Gasteiger partial charge in [-0.2, -0.15) is 8.42 Å². The number of allylic oxidation sites excluding steroid dienone is 2. The third-order valence-electron chi connectivity index (χ3n) is 7.86. The summed E-state index contributed by atoms with van der Waals surface area (Å²) in [7, 11) is -5.68. The second-order valence-corrected chi connectivity index (χ2v) is 18.4. The van der Waals surface area contributed by atoms with Crippen LogP contribution < -0.4 is 0 Å². The number of hydrogen-bond donors (Lipinski definition) is 0. The van der Waals surface area contributed by atoms with Gasteiger partial charge in [0.1, 0.15) is 6.61 Å². The number of carbonyl (C=O) groups excluding carboxylic acids is 1. The topological polar surface area (TPSA) is 97.4 Å². The molecule has 1 aliphatic heterocycles. The first-order valence-electron chi connectivity index (χ1n) is 13.9. The number of carbonyl (C=O) groups is 1. The predicted molar refractivity (Wildman–Crippen MR) is 152 cm³/mol. The minimum absolute atomic E-state index is 0.0278. The fraction of sp³-hybridized carbons (Fsp3) is 0.821. The summed E-state index contributed by atoms with van der Waals surface area (Å²) in [6, 6.07) is 0. The van der Waals surface area contributed by atoms with Crippen molar-refractivity contribution >= 4 is 24.4 Å². The molecular formula is C28H50O8SSi. The quantitative estimate of drug-likeness (QED) is 0.0802.